The molecule has 1 N–H and O–H groups in total. The first-order chi connectivity index (χ1) is 5.22. The monoisotopic (exact) mass is 155 g/mol. The molecule has 0 saturated heterocycles. The quantitative estimate of drug-likeness (QED) is 0.385. The predicted octanol–water partition coefficient (Wildman–Crippen LogP) is 3.21. The number of hydrogen-bond donors (Lipinski definition) is 1. The van der Waals surface area contributed by atoms with Crippen molar-refractivity contribution in [2.24, 2.45) is 0 Å². The number of aliphatic hydroxyl groups excluding tert-OH is 1. The van der Waals surface area contributed by atoms with Crippen LogP contribution in [0.25, 0.3) is 4.98 Å². The van der Waals surface area contributed by atoms with Crippen molar-refractivity contribution in [3.05, 3.63) is 16.4 Å². The molecule has 0 bridgehead atoms. The van der Waals surface area contributed by atoms with E-state index in [0.29, 0.717) is 12.1 Å². The molecule has 62 valence electrons. The van der Waals surface area contributed by atoms with Gasteiger partial charge in [0.05, 0.1) is 6.42 Å². The number of hydrogen-bond acceptors (Lipinski definition) is 2. The molecule has 0 saturated carbocycles. The topological polar surface area (TPSA) is 48.4 Å². The van der Waals surface area contributed by atoms with E-state index in [1.165, 1.54) is 6.92 Å². The first-order valence-corrected chi connectivity index (χ1v) is 3.96. The zero-order valence-corrected chi connectivity index (χ0v) is 7.17. The summed E-state index contributed by atoms with van der Waals surface area (Å²) in [5, 5.41) is 17.3. The van der Waals surface area contributed by atoms with Gasteiger partial charge in [0.1, 0.15) is 0 Å². The lowest BCUT2D eigenvalue weighted by Crippen LogP contribution is -1.83. The molecular formula is C8H15N2O+. The Bertz CT molecular complexity index is 175. The van der Waals surface area contributed by atoms with Crippen molar-refractivity contribution in [1.29, 1.82) is 5.39 Å². The van der Waals surface area contributed by atoms with Gasteiger partial charge in [-0.15, -0.1) is 0 Å². The molecule has 0 spiro atoms. The Kier molecular flexibility index (Phi) is 5.18. The van der Waals surface area contributed by atoms with Gasteiger partial charge >= 0.3 is 5.70 Å². The smallest absolute Gasteiger partial charge is 0.398 e. The zero-order valence-electron chi connectivity index (χ0n) is 7.17. The molecule has 0 aromatic carbocycles. The van der Waals surface area contributed by atoms with Gasteiger partial charge in [-0.1, -0.05) is 19.8 Å². The van der Waals surface area contributed by atoms with Crippen LogP contribution in [0.3, 0.4) is 0 Å². The van der Waals surface area contributed by atoms with Crippen molar-refractivity contribution in [2.75, 3.05) is 0 Å². The average molecular weight is 155 g/mol. The molecule has 3 nitrogen and oxygen atoms in total. The van der Waals surface area contributed by atoms with Crippen molar-refractivity contribution in [3.8, 4) is 0 Å². The van der Waals surface area contributed by atoms with Gasteiger partial charge < -0.3 is 5.11 Å². The second-order valence-corrected chi connectivity index (χ2v) is 2.59. The van der Waals surface area contributed by atoms with E-state index in [1.807, 2.05) is 0 Å². The second kappa shape index (κ2) is 5.72. The summed E-state index contributed by atoms with van der Waals surface area (Å²) in [7, 11) is 0. The highest BCUT2D eigenvalue weighted by Crippen LogP contribution is 2.12. The normalized spacial score (nSPS) is 12.1. The molecule has 0 amide bonds. The Labute approximate surface area is 67.4 Å². The largest absolute Gasteiger partial charge is 0.505 e. The Morgan fingerprint density at radius 2 is 2.09 bits per heavy atom. The summed E-state index contributed by atoms with van der Waals surface area (Å²) in [6.45, 7) is 3.63. The van der Waals surface area contributed by atoms with E-state index in [-0.39, 0.29) is 5.76 Å². The fourth-order valence-corrected chi connectivity index (χ4v) is 0.846. The Morgan fingerprint density at radius 3 is 2.45 bits per heavy atom. The highest BCUT2D eigenvalue weighted by atomic mass is 16.3. The van der Waals surface area contributed by atoms with E-state index in [2.05, 4.69) is 11.9 Å². The van der Waals surface area contributed by atoms with E-state index >= 15 is 0 Å². The standard InChI is InChI=1S/C8H14N2O/c1-3-4-5-6-8(10-9)7(2)11/h3-6H2,1-2H3/p+1/b8-7+. The van der Waals surface area contributed by atoms with Crippen LogP contribution in [0.15, 0.2) is 11.5 Å². The molecular weight excluding hydrogens is 140 g/mol. The Morgan fingerprint density at radius 1 is 1.45 bits per heavy atom. The van der Waals surface area contributed by atoms with Crippen LogP contribution in [-0.2, 0) is 0 Å². The number of nitrogens with zero attached hydrogens (tertiary/aromatic N) is 2. The van der Waals surface area contributed by atoms with E-state index in [9.17, 15) is 0 Å². The van der Waals surface area contributed by atoms with Crippen molar-refractivity contribution in [2.45, 2.75) is 39.5 Å². The number of allylic oxidation sites excluding steroid dienone is 2. The van der Waals surface area contributed by atoms with Crippen LogP contribution < -0.4 is 0 Å². The molecule has 0 unspecified atom stereocenters. The third kappa shape index (κ3) is 4.38. The SMILES string of the molecule is CCCCC/C([N+]#N)=C(/C)O. The van der Waals surface area contributed by atoms with E-state index in [0.717, 1.165) is 19.3 Å². The molecule has 11 heavy (non-hydrogen) atoms. The highest BCUT2D eigenvalue weighted by Gasteiger charge is 2.13. The van der Waals surface area contributed by atoms with Crippen LogP contribution in [0.4, 0.5) is 0 Å². The van der Waals surface area contributed by atoms with Gasteiger partial charge in [0.2, 0.25) is 5.39 Å². The van der Waals surface area contributed by atoms with Crippen LogP contribution in [0.5, 0.6) is 0 Å². The molecule has 0 aromatic heterocycles. The average Bonchev–Trinajstić information content (AvgIpc) is 1.97. The lowest BCUT2D eigenvalue weighted by atomic mass is 10.1. The summed E-state index contributed by atoms with van der Waals surface area (Å²) in [6.07, 6.45) is 3.86. The van der Waals surface area contributed by atoms with Crippen LogP contribution >= 0.6 is 0 Å². The summed E-state index contributed by atoms with van der Waals surface area (Å²) >= 11 is 0. The Hall–Kier alpha value is -1.04. The second-order valence-electron chi connectivity index (χ2n) is 2.59. The summed E-state index contributed by atoms with van der Waals surface area (Å²) in [5.41, 5.74) is 0.401. The van der Waals surface area contributed by atoms with E-state index in [1.54, 1.807) is 0 Å². The van der Waals surface area contributed by atoms with E-state index < -0.39 is 0 Å². The summed E-state index contributed by atoms with van der Waals surface area (Å²) in [4.78, 5) is 2.99. The third-order valence-electron chi connectivity index (χ3n) is 1.56. The molecule has 0 aliphatic heterocycles. The minimum Gasteiger partial charge on any atom is -0.505 e. The van der Waals surface area contributed by atoms with Gasteiger partial charge in [-0.3, -0.25) is 0 Å². The lowest BCUT2D eigenvalue weighted by Gasteiger charge is -1.89. The fraction of sp³-hybridized carbons (Fsp3) is 0.750. The number of aliphatic hydroxyl groups is 1. The minimum atomic E-state index is 0.114. The molecule has 0 aromatic rings. The number of rotatable bonds is 4. The van der Waals surface area contributed by atoms with Crippen LogP contribution in [0.2, 0.25) is 0 Å². The van der Waals surface area contributed by atoms with Crippen molar-refractivity contribution in [1.82, 2.24) is 0 Å². The molecule has 0 fully saturated rings. The minimum absolute atomic E-state index is 0.114. The maximum absolute atomic E-state index is 8.94. The first-order valence-electron chi connectivity index (χ1n) is 3.96. The van der Waals surface area contributed by atoms with Crippen LogP contribution in [-0.4, -0.2) is 5.11 Å². The summed E-state index contributed by atoms with van der Waals surface area (Å²) < 4.78 is 0. The van der Waals surface area contributed by atoms with Gasteiger partial charge in [0.25, 0.3) is 0 Å². The molecule has 0 aliphatic carbocycles. The molecule has 0 radical (unpaired) electrons. The van der Waals surface area contributed by atoms with Crippen molar-refractivity contribution in [3.63, 3.8) is 0 Å². The van der Waals surface area contributed by atoms with Gasteiger partial charge in [-0.25, -0.2) is 0 Å². The van der Waals surface area contributed by atoms with Gasteiger partial charge in [-0.2, -0.15) is 0 Å². The molecule has 0 aliphatic rings. The highest BCUT2D eigenvalue weighted by molar-refractivity contribution is 5.11. The summed E-state index contributed by atoms with van der Waals surface area (Å²) in [5.74, 6) is 0.114. The van der Waals surface area contributed by atoms with Gasteiger partial charge in [0, 0.05) is 6.92 Å². The fourth-order valence-electron chi connectivity index (χ4n) is 0.846. The Balaban J connectivity index is 3.75. The molecule has 3 heteroatoms. The van der Waals surface area contributed by atoms with Crippen LogP contribution in [0, 0.1) is 5.39 Å². The van der Waals surface area contributed by atoms with Crippen molar-refractivity contribution < 1.29 is 5.11 Å². The molecule has 0 heterocycles. The lowest BCUT2D eigenvalue weighted by molar-refractivity contribution is 0.405. The van der Waals surface area contributed by atoms with Gasteiger partial charge in [0.15, 0.2) is 10.7 Å². The van der Waals surface area contributed by atoms with E-state index in [4.69, 9.17) is 10.5 Å². The first kappa shape index (κ1) is 9.96. The predicted molar refractivity (Wildman–Crippen MR) is 44.6 cm³/mol. The zero-order chi connectivity index (χ0) is 8.69. The maximum atomic E-state index is 8.94. The summed E-state index contributed by atoms with van der Waals surface area (Å²) in [6, 6.07) is 0. The van der Waals surface area contributed by atoms with Crippen molar-refractivity contribution >= 4 is 0 Å². The van der Waals surface area contributed by atoms with Gasteiger partial charge in [-0.05, 0) is 6.42 Å². The number of diazo groups is 1. The maximum Gasteiger partial charge on any atom is 0.398 e. The number of unbranched alkanes of at least 4 members (excludes halogenated alkanes) is 2. The van der Waals surface area contributed by atoms with Crippen LogP contribution in [0.1, 0.15) is 39.5 Å². The molecule has 0 atom stereocenters. The third-order valence-corrected chi connectivity index (χ3v) is 1.56. The molecule has 0 rings (SSSR count).